The lowest BCUT2D eigenvalue weighted by Crippen LogP contribution is -2.20. The molecule has 2 aromatic carbocycles. The highest BCUT2D eigenvalue weighted by Gasteiger charge is 2.05. The average molecular weight is 265 g/mol. The molecule has 20 heavy (non-hydrogen) atoms. The summed E-state index contributed by atoms with van der Waals surface area (Å²) in [5.74, 6) is 1.49. The second kappa shape index (κ2) is 5.88. The Kier molecular flexibility index (Phi) is 3.79. The lowest BCUT2D eigenvalue weighted by Gasteiger charge is -2.12. The van der Waals surface area contributed by atoms with Crippen LogP contribution in [0, 0.1) is 0 Å². The van der Waals surface area contributed by atoms with E-state index in [1.165, 1.54) is 5.56 Å². The van der Waals surface area contributed by atoms with E-state index in [1.807, 2.05) is 18.2 Å². The maximum atomic E-state index is 4.56. The number of aromatic amines is 1. The van der Waals surface area contributed by atoms with Gasteiger partial charge in [0.25, 0.3) is 0 Å². The fourth-order valence-electron chi connectivity index (χ4n) is 2.40. The van der Waals surface area contributed by atoms with Crippen molar-refractivity contribution in [2.75, 3.05) is 6.54 Å². The van der Waals surface area contributed by atoms with Gasteiger partial charge in [-0.1, -0.05) is 49.4 Å². The number of H-pyrrole nitrogens is 1. The van der Waals surface area contributed by atoms with Crippen LogP contribution < -0.4 is 5.32 Å². The molecule has 0 radical (unpaired) electrons. The Morgan fingerprint density at radius 2 is 1.80 bits per heavy atom. The molecule has 3 heteroatoms. The maximum Gasteiger partial charge on any atom is 0.121 e. The molecule has 0 amide bonds. The second-order valence-corrected chi connectivity index (χ2v) is 5.14. The van der Waals surface area contributed by atoms with Gasteiger partial charge in [0.2, 0.25) is 0 Å². The Hall–Kier alpha value is -2.13. The highest BCUT2D eigenvalue weighted by molar-refractivity contribution is 5.74. The predicted octanol–water partition coefficient (Wildman–Crippen LogP) is 3.46. The van der Waals surface area contributed by atoms with Crippen molar-refractivity contribution >= 4 is 11.0 Å². The van der Waals surface area contributed by atoms with E-state index in [2.05, 4.69) is 58.6 Å². The SMILES string of the molecule is CC(CNCc1nc2ccccc2[nH]1)c1ccccc1. The van der Waals surface area contributed by atoms with Crippen LogP contribution in [0.5, 0.6) is 0 Å². The zero-order valence-electron chi connectivity index (χ0n) is 11.6. The Bertz CT molecular complexity index is 640. The summed E-state index contributed by atoms with van der Waals surface area (Å²) in [5, 5.41) is 3.47. The molecule has 0 fully saturated rings. The first kappa shape index (κ1) is 12.9. The number of imidazole rings is 1. The molecule has 3 rings (SSSR count). The Labute approximate surface area is 119 Å². The van der Waals surface area contributed by atoms with E-state index in [0.717, 1.165) is 29.9 Å². The van der Waals surface area contributed by atoms with Crippen molar-refractivity contribution in [1.29, 1.82) is 0 Å². The summed E-state index contributed by atoms with van der Waals surface area (Å²) >= 11 is 0. The minimum Gasteiger partial charge on any atom is -0.341 e. The topological polar surface area (TPSA) is 40.7 Å². The number of fused-ring (bicyclic) bond motifs is 1. The minimum atomic E-state index is 0.501. The third kappa shape index (κ3) is 2.89. The number of benzene rings is 2. The Balaban J connectivity index is 1.57. The van der Waals surface area contributed by atoms with Gasteiger partial charge in [0.15, 0.2) is 0 Å². The molecule has 1 unspecified atom stereocenters. The van der Waals surface area contributed by atoms with Gasteiger partial charge >= 0.3 is 0 Å². The van der Waals surface area contributed by atoms with E-state index >= 15 is 0 Å². The molecular weight excluding hydrogens is 246 g/mol. The molecule has 3 aromatic rings. The number of hydrogen-bond donors (Lipinski definition) is 2. The zero-order valence-corrected chi connectivity index (χ0v) is 11.6. The molecule has 102 valence electrons. The average Bonchev–Trinajstić information content (AvgIpc) is 2.90. The monoisotopic (exact) mass is 265 g/mol. The smallest absolute Gasteiger partial charge is 0.121 e. The van der Waals surface area contributed by atoms with Crippen LogP contribution in [-0.2, 0) is 6.54 Å². The third-order valence-corrected chi connectivity index (χ3v) is 3.55. The van der Waals surface area contributed by atoms with E-state index < -0.39 is 0 Å². The molecule has 1 aromatic heterocycles. The van der Waals surface area contributed by atoms with Crippen molar-refractivity contribution in [1.82, 2.24) is 15.3 Å². The summed E-state index contributed by atoms with van der Waals surface area (Å²) < 4.78 is 0. The van der Waals surface area contributed by atoms with Crippen LogP contribution in [0.4, 0.5) is 0 Å². The van der Waals surface area contributed by atoms with E-state index in [0.29, 0.717) is 5.92 Å². The van der Waals surface area contributed by atoms with Crippen LogP contribution in [0.15, 0.2) is 54.6 Å². The Morgan fingerprint density at radius 1 is 1.05 bits per heavy atom. The predicted molar refractivity (Wildman–Crippen MR) is 82.7 cm³/mol. The lowest BCUT2D eigenvalue weighted by atomic mass is 10.0. The molecular formula is C17H19N3. The van der Waals surface area contributed by atoms with Gasteiger partial charge in [0.1, 0.15) is 5.82 Å². The van der Waals surface area contributed by atoms with Crippen LogP contribution in [0.2, 0.25) is 0 Å². The number of aromatic nitrogens is 2. The van der Waals surface area contributed by atoms with Crippen LogP contribution in [0.25, 0.3) is 11.0 Å². The lowest BCUT2D eigenvalue weighted by molar-refractivity contribution is 0.603. The summed E-state index contributed by atoms with van der Waals surface area (Å²) in [6, 6.07) is 18.7. The fraction of sp³-hybridized carbons (Fsp3) is 0.235. The van der Waals surface area contributed by atoms with Crippen molar-refractivity contribution < 1.29 is 0 Å². The van der Waals surface area contributed by atoms with Gasteiger partial charge in [-0.05, 0) is 23.6 Å². The van der Waals surface area contributed by atoms with Crippen molar-refractivity contribution in [2.45, 2.75) is 19.4 Å². The van der Waals surface area contributed by atoms with Gasteiger partial charge in [-0.15, -0.1) is 0 Å². The summed E-state index contributed by atoms with van der Waals surface area (Å²) in [6.45, 7) is 3.95. The van der Waals surface area contributed by atoms with Crippen molar-refractivity contribution in [3.8, 4) is 0 Å². The molecule has 0 saturated heterocycles. The summed E-state index contributed by atoms with van der Waals surface area (Å²) in [4.78, 5) is 7.90. The van der Waals surface area contributed by atoms with Crippen LogP contribution in [-0.4, -0.2) is 16.5 Å². The fourth-order valence-corrected chi connectivity index (χ4v) is 2.40. The molecule has 0 aliphatic carbocycles. The number of para-hydroxylation sites is 2. The van der Waals surface area contributed by atoms with E-state index in [4.69, 9.17) is 0 Å². The molecule has 1 heterocycles. The Morgan fingerprint density at radius 3 is 2.60 bits per heavy atom. The van der Waals surface area contributed by atoms with Crippen LogP contribution in [0.1, 0.15) is 24.2 Å². The largest absolute Gasteiger partial charge is 0.341 e. The van der Waals surface area contributed by atoms with Gasteiger partial charge in [0, 0.05) is 6.54 Å². The molecule has 0 aliphatic heterocycles. The highest BCUT2D eigenvalue weighted by Crippen LogP contribution is 2.14. The van der Waals surface area contributed by atoms with Crippen LogP contribution >= 0.6 is 0 Å². The first-order valence-corrected chi connectivity index (χ1v) is 7.02. The first-order valence-electron chi connectivity index (χ1n) is 7.02. The van der Waals surface area contributed by atoms with Gasteiger partial charge in [-0.2, -0.15) is 0 Å². The normalized spacial score (nSPS) is 12.7. The molecule has 0 aliphatic rings. The number of nitrogens with zero attached hydrogens (tertiary/aromatic N) is 1. The second-order valence-electron chi connectivity index (χ2n) is 5.14. The van der Waals surface area contributed by atoms with Crippen molar-refractivity contribution in [3.63, 3.8) is 0 Å². The van der Waals surface area contributed by atoms with Crippen LogP contribution in [0.3, 0.4) is 0 Å². The van der Waals surface area contributed by atoms with Gasteiger partial charge in [-0.3, -0.25) is 0 Å². The summed E-state index contributed by atoms with van der Waals surface area (Å²) in [6.07, 6.45) is 0. The van der Waals surface area contributed by atoms with Gasteiger partial charge < -0.3 is 10.3 Å². The van der Waals surface area contributed by atoms with Gasteiger partial charge in [-0.25, -0.2) is 4.98 Å². The minimum absolute atomic E-state index is 0.501. The van der Waals surface area contributed by atoms with E-state index in [1.54, 1.807) is 0 Å². The molecule has 2 N–H and O–H groups in total. The quantitative estimate of drug-likeness (QED) is 0.741. The summed E-state index contributed by atoms with van der Waals surface area (Å²) in [7, 11) is 0. The number of rotatable bonds is 5. The van der Waals surface area contributed by atoms with Gasteiger partial charge in [0.05, 0.1) is 17.6 Å². The van der Waals surface area contributed by atoms with Crippen molar-refractivity contribution in [3.05, 3.63) is 66.0 Å². The standard InChI is InChI=1S/C17H19N3/c1-13(14-7-3-2-4-8-14)11-18-12-17-19-15-9-5-6-10-16(15)20-17/h2-10,13,18H,11-12H2,1H3,(H,19,20). The molecule has 3 nitrogen and oxygen atoms in total. The zero-order chi connectivity index (χ0) is 13.8. The molecule has 1 atom stereocenters. The molecule has 0 saturated carbocycles. The summed E-state index contributed by atoms with van der Waals surface area (Å²) in [5.41, 5.74) is 3.49. The maximum absolute atomic E-state index is 4.56. The number of hydrogen-bond acceptors (Lipinski definition) is 2. The number of nitrogens with one attached hydrogen (secondary N) is 2. The first-order chi connectivity index (χ1) is 9.83. The molecule has 0 spiro atoms. The highest BCUT2D eigenvalue weighted by atomic mass is 15.0. The van der Waals surface area contributed by atoms with Crippen molar-refractivity contribution in [2.24, 2.45) is 0 Å². The van der Waals surface area contributed by atoms with E-state index in [-0.39, 0.29) is 0 Å². The van der Waals surface area contributed by atoms with E-state index in [9.17, 15) is 0 Å². The third-order valence-electron chi connectivity index (χ3n) is 3.55. The molecule has 0 bridgehead atoms.